The number of thiazole rings is 1. The molecule has 0 saturated carbocycles. The Hall–Kier alpha value is -1.69. The highest BCUT2D eigenvalue weighted by molar-refractivity contribution is 7.09. The summed E-state index contributed by atoms with van der Waals surface area (Å²) in [5, 5.41) is 3.16. The highest BCUT2D eigenvalue weighted by Gasteiger charge is 2.04. The summed E-state index contributed by atoms with van der Waals surface area (Å²) >= 11 is 1.66. The zero-order valence-corrected chi connectivity index (χ0v) is 12.3. The van der Waals surface area contributed by atoms with Gasteiger partial charge in [0.05, 0.1) is 17.8 Å². The van der Waals surface area contributed by atoms with E-state index in [0.717, 1.165) is 24.5 Å². The lowest BCUT2D eigenvalue weighted by atomic mass is 10.3. The van der Waals surface area contributed by atoms with Gasteiger partial charge in [-0.1, -0.05) is 0 Å². The summed E-state index contributed by atoms with van der Waals surface area (Å²) in [6.07, 6.45) is 0.857. The van der Waals surface area contributed by atoms with E-state index in [2.05, 4.69) is 20.3 Å². The van der Waals surface area contributed by atoms with Crippen LogP contribution in [0.1, 0.15) is 23.3 Å². The van der Waals surface area contributed by atoms with Crippen LogP contribution in [0.4, 0.5) is 5.82 Å². The first-order valence-corrected chi connectivity index (χ1v) is 7.18. The second-order valence-corrected chi connectivity index (χ2v) is 5.07. The number of anilines is 1. The number of ether oxygens (including phenoxy) is 1. The Bertz CT molecular complexity index is 541. The molecule has 102 valence electrons. The van der Waals surface area contributed by atoms with Crippen LogP contribution in [-0.4, -0.2) is 28.1 Å². The summed E-state index contributed by atoms with van der Waals surface area (Å²) in [7, 11) is 0. The van der Waals surface area contributed by atoms with Crippen LogP contribution in [0.3, 0.4) is 0 Å². The fourth-order valence-electron chi connectivity index (χ4n) is 1.70. The predicted octanol–water partition coefficient (Wildman–Crippen LogP) is 2.60. The van der Waals surface area contributed by atoms with Crippen molar-refractivity contribution in [3.05, 3.63) is 28.0 Å². The van der Waals surface area contributed by atoms with Crippen molar-refractivity contribution in [1.82, 2.24) is 15.0 Å². The lowest BCUT2D eigenvalue weighted by Crippen LogP contribution is -2.06. The Morgan fingerprint density at radius 2 is 2.16 bits per heavy atom. The first kappa shape index (κ1) is 13.7. The van der Waals surface area contributed by atoms with Crippen LogP contribution in [0.5, 0.6) is 5.88 Å². The van der Waals surface area contributed by atoms with Gasteiger partial charge in [0.25, 0.3) is 0 Å². The van der Waals surface area contributed by atoms with Crippen molar-refractivity contribution in [2.24, 2.45) is 0 Å². The fourth-order valence-corrected chi connectivity index (χ4v) is 2.46. The maximum atomic E-state index is 5.69. The monoisotopic (exact) mass is 278 g/mol. The molecule has 0 atom stereocenters. The van der Waals surface area contributed by atoms with Crippen LogP contribution in [0.15, 0.2) is 11.6 Å². The summed E-state index contributed by atoms with van der Waals surface area (Å²) in [5.41, 5.74) is 2.95. The third-order valence-corrected chi connectivity index (χ3v) is 3.59. The van der Waals surface area contributed by atoms with E-state index in [4.69, 9.17) is 4.74 Å². The first-order valence-electron chi connectivity index (χ1n) is 6.30. The van der Waals surface area contributed by atoms with Gasteiger partial charge < -0.3 is 10.1 Å². The van der Waals surface area contributed by atoms with E-state index >= 15 is 0 Å². The number of rotatable bonds is 6. The average molecular weight is 278 g/mol. The van der Waals surface area contributed by atoms with Gasteiger partial charge in [0.15, 0.2) is 0 Å². The molecule has 0 unspecified atom stereocenters. The molecule has 19 heavy (non-hydrogen) atoms. The minimum absolute atomic E-state index is 0.602. The minimum atomic E-state index is 0.602. The third-order valence-electron chi connectivity index (χ3n) is 2.60. The first-order chi connectivity index (χ1) is 9.19. The maximum absolute atomic E-state index is 5.69. The Kier molecular flexibility index (Phi) is 4.68. The zero-order chi connectivity index (χ0) is 13.7. The Balaban J connectivity index is 1.94. The number of aryl methyl sites for hydroxylation is 2. The third kappa shape index (κ3) is 3.89. The van der Waals surface area contributed by atoms with Crippen molar-refractivity contribution in [1.29, 1.82) is 0 Å². The van der Waals surface area contributed by atoms with E-state index in [1.807, 2.05) is 32.3 Å². The summed E-state index contributed by atoms with van der Waals surface area (Å²) in [4.78, 5) is 14.0. The van der Waals surface area contributed by atoms with Crippen LogP contribution in [0, 0.1) is 13.8 Å². The van der Waals surface area contributed by atoms with Gasteiger partial charge >= 0.3 is 0 Å². The molecular weight excluding hydrogens is 260 g/mol. The normalized spacial score (nSPS) is 10.5. The minimum Gasteiger partial charge on any atom is -0.477 e. The van der Waals surface area contributed by atoms with Gasteiger partial charge in [-0.05, 0) is 20.8 Å². The summed E-state index contributed by atoms with van der Waals surface area (Å²) < 4.78 is 5.69. The summed E-state index contributed by atoms with van der Waals surface area (Å²) in [6, 6.07) is 1.83. The zero-order valence-electron chi connectivity index (χ0n) is 11.4. The molecule has 0 fully saturated rings. The standard InChI is InChI=1S/C13H18N4OS/c1-4-14-12-7-13(17-10(3)16-12)18-6-5-11-9(2)15-8-19-11/h7-8H,4-6H2,1-3H3,(H,14,16,17). The van der Waals surface area contributed by atoms with E-state index in [9.17, 15) is 0 Å². The SMILES string of the molecule is CCNc1cc(OCCc2scnc2C)nc(C)n1. The molecule has 6 heteroatoms. The molecule has 0 radical (unpaired) electrons. The lowest BCUT2D eigenvalue weighted by molar-refractivity contribution is 0.309. The molecule has 2 heterocycles. The highest BCUT2D eigenvalue weighted by Crippen LogP contribution is 2.16. The van der Waals surface area contributed by atoms with E-state index in [0.29, 0.717) is 18.3 Å². The number of nitrogens with one attached hydrogen (secondary N) is 1. The average Bonchev–Trinajstić information content (AvgIpc) is 2.75. The smallest absolute Gasteiger partial charge is 0.218 e. The molecule has 2 rings (SSSR count). The molecule has 2 aromatic heterocycles. The molecule has 5 nitrogen and oxygen atoms in total. The number of nitrogens with zero attached hydrogens (tertiary/aromatic N) is 3. The lowest BCUT2D eigenvalue weighted by Gasteiger charge is -2.08. The molecule has 0 aliphatic rings. The van der Waals surface area contributed by atoms with Gasteiger partial charge in [0.1, 0.15) is 11.6 Å². The fraction of sp³-hybridized carbons (Fsp3) is 0.462. The molecule has 0 amide bonds. The van der Waals surface area contributed by atoms with E-state index in [1.54, 1.807) is 11.3 Å². The summed E-state index contributed by atoms with van der Waals surface area (Å²) in [6.45, 7) is 7.34. The van der Waals surface area contributed by atoms with Crippen molar-refractivity contribution in [2.45, 2.75) is 27.2 Å². The quantitative estimate of drug-likeness (QED) is 0.880. The van der Waals surface area contributed by atoms with Crippen LogP contribution in [0.25, 0.3) is 0 Å². The molecule has 0 spiro atoms. The van der Waals surface area contributed by atoms with Crippen molar-refractivity contribution < 1.29 is 4.74 Å². The molecule has 1 N–H and O–H groups in total. The Morgan fingerprint density at radius 3 is 2.84 bits per heavy atom. The maximum Gasteiger partial charge on any atom is 0.218 e. The number of hydrogen-bond acceptors (Lipinski definition) is 6. The Labute approximate surface area is 117 Å². The Morgan fingerprint density at radius 1 is 1.32 bits per heavy atom. The van der Waals surface area contributed by atoms with Gasteiger partial charge in [-0.15, -0.1) is 11.3 Å². The van der Waals surface area contributed by atoms with Crippen LogP contribution >= 0.6 is 11.3 Å². The van der Waals surface area contributed by atoms with E-state index < -0.39 is 0 Å². The molecule has 0 saturated heterocycles. The van der Waals surface area contributed by atoms with E-state index in [-0.39, 0.29) is 0 Å². The van der Waals surface area contributed by atoms with Gasteiger partial charge in [-0.3, -0.25) is 0 Å². The molecule has 0 aliphatic carbocycles. The van der Waals surface area contributed by atoms with Gasteiger partial charge in [0.2, 0.25) is 5.88 Å². The van der Waals surface area contributed by atoms with Gasteiger partial charge in [-0.2, -0.15) is 4.98 Å². The van der Waals surface area contributed by atoms with Crippen molar-refractivity contribution in [3.8, 4) is 5.88 Å². The largest absolute Gasteiger partial charge is 0.477 e. The van der Waals surface area contributed by atoms with Gasteiger partial charge in [-0.25, -0.2) is 9.97 Å². The molecule has 0 aromatic carbocycles. The van der Waals surface area contributed by atoms with Crippen molar-refractivity contribution in [3.63, 3.8) is 0 Å². The predicted molar refractivity (Wildman–Crippen MR) is 77.0 cm³/mol. The van der Waals surface area contributed by atoms with Crippen LogP contribution in [-0.2, 0) is 6.42 Å². The van der Waals surface area contributed by atoms with Crippen LogP contribution in [0.2, 0.25) is 0 Å². The number of aromatic nitrogens is 3. The van der Waals surface area contributed by atoms with E-state index in [1.165, 1.54) is 4.88 Å². The second-order valence-electron chi connectivity index (χ2n) is 4.13. The summed E-state index contributed by atoms with van der Waals surface area (Å²) in [5.74, 6) is 2.13. The van der Waals surface area contributed by atoms with Gasteiger partial charge in [0, 0.05) is 23.9 Å². The second kappa shape index (κ2) is 6.47. The molecule has 2 aromatic rings. The molecular formula is C13H18N4OS. The topological polar surface area (TPSA) is 59.9 Å². The highest BCUT2D eigenvalue weighted by atomic mass is 32.1. The van der Waals surface area contributed by atoms with Crippen molar-refractivity contribution >= 4 is 17.2 Å². The van der Waals surface area contributed by atoms with Crippen LogP contribution < -0.4 is 10.1 Å². The van der Waals surface area contributed by atoms with Crippen molar-refractivity contribution in [2.75, 3.05) is 18.5 Å². The molecule has 0 aliphatic heterocycles. The molecule has 0 bridgehead atoms. The number of hydrogen-bond donors (Lipinski definition) is 1.